The zero-order valence-electron chi connectivity index (χ0n) is 11.3. The van der Waals surface area contributed by atoms with Gasteiger partial charge in [0.1, 0.15) is 0 Å². The molecule has 0 spiro atoms. The van der Waals surface area contributed by atoms with Crippen molar-refractivity contribution in [3.8, 4) is 0 Å². The fraction of sp³-hybridized carbons (Fsp3) is 0.917. The molecule has 0 unspecified atom stereocenters. The van der Waals surface area contributed by atoms with Gasteiger partial charge in [0, 0.05) is 18.3 Å². The van der Waals surface area contributed by atoms with Gasteiger partial charge in [-0.05, 0) is 29.2 Å². The lowest BCUT2D eigenvalue weighted by molar-refractivity contribution is 0.484. The standard InChI is InChI=1S/C12H23N5S/c1-10(2)13-7-8-17-12(14-15-16-17)18-9-11-5-3-4-6-11/h10-11,13H,3-9H2,1-2H3. The van der Waals surface area contributed by atoms with E-state index in [2.05, 4.69) is 34.7 Å². The van der Waals surface area contributed by atoms with Gasteiger partial charge in [0.15, 0.2) is 0 Å². The molecule has 2 rings (SSSR count). The number of hydrogen-bond donors (Lipinski definition) is 1. The normalized spacial score (nSPS) is 16.8. The summed E-state index contributed by atoms with van der Waals surface area (Å²) in [6, 6.07) is 0.510. The molecule has 1 aliphatic rings. The van der Waals surface area contributed by atoms with Crippen molar-refractivity contribution in [2.24, 2.45) is 5.92 Å². The molecule has 102 valence electrons. The number of nitrogens with one attached hydrogen (secondary N) is 1. The van der Waals surface area contributed by atoms with Crippen LogP contribution in [0.15, 0.2) is 5.16 Å². The van der Waals surface area contributed by atoms with Crippen LogP contribution in [-0.4, -0.2) is 38.5 Å². The van der Waals surface area contributed by atoms with Crippen LogP contribution in [0.5, 0.6) is 0 Å². The summed E-state index contributed by atoms with van der Waals surface area (Å²) in [6.07, 6.45) is 5.55. The minimum atomic E-state index is 0.510. The van der Waals surface area contributed by atoms with E-state index >= 15 is 0 Å². The summed E-state index contributed by atoms with van der Waals surface area (Å²) in [5.41, 5.74) is 0. The summed E-state index contributed by atoms with van der Waals surface area (Å²) in [7, 11) is 0. The van der Waals surface area contributed by atoms with Crippen LogP contribution >= 0.6 is 11.8 Å². The van der Waals surface area contributed by atoms with Crippen LogP contribution in [0.3, 0.4) is 0 Å². The van der Waals surface area contributed by atoms with Gasteiger partial charge in [-0.1, -0.05) is 38.5 Å². The van der Waals surface area contributed by atoms with Gasteiger partial charge in [0.25, 0.3) is 0 Å². The van der Waals surface area contributed by atoms with E-state index in [-0.39, 0.29) is 0 Å². The second kappa shape index (κ2) is 7.09. The van der Waals surface area contributed by atoms with Gasteiger partial charge < -0.3 is 5.32 Å². The highest BCUT2D eigenvalue weighted by atomic mass is 32.2. The van der Waals surface area contributed by atoms with E-state index in [0.717, 1.165) is 29.9 Å². The maximum Gasteiger partial charge on any atom is 0.209 e. The van der Waals surface area contributed by atoms with Crippen molar-refractivity contribution in [1.29, 1.82) is 0 Å². The highest BCUT2D eigenvalue weighted by Crippen LogP contribution is 2.29. The number of hydrogen-bond acceptors (Lipinski definition) is 5. The largest absolute Gasteiger partial charge is 0.313 e. The Morgan fingerprint density at radius 2 is 2.17 bits per heavy atom. The van der Waals surface area contributed by atoms with E-state index in [1.54, 1.807) is 0 Å². The van der Waals surface area contributed by atoms with E-state index in [1.807, 2.05) is 16.4 Å². The molecule has 0 amide bonds. The Balaban J connectivity index is 1.75. The fourth-order valence-corrected chi connectivity index (χ4v) is 3.36. The molecule has 1 fully saturated rings. The van der Waals surface area contributed by atoms with Crippen LogP contribution < -0.4 is 5.32 Å². The molecule has 6 heteroatoms. The maximum absolute atomic E-state index is 4.11. The molecule has 5 nitrogen and oxygen atoms in total. The molecule has 1 heterocycles. The lowest BCUT2D eigenvalue weighted by Gasteiger charge is -2.10. The van der Waals surface area contributed by atoms with Gasteiger partial charge in [0.2, 0.25) is 5.16 Å². The molecule has 1 aliphatic carbocycles. The molecule has 0 bridgehead atoms. The van der Waals surface area contributed by atoms with Crippen molar-refractivity contribution < 1.29 is 0 Å². The molecule has 1 aromatic rings. The van der Waals surface area contributed by atoms with Crippen LogP contribution in [0, 0.1) is 5.92 Å². The molecular formula is C12H23N5S. The quantitative estimate of drug-likeness (QED) is 0.767. The number of aromatic nitrogens is 4. The number of tetrazole rings is 1. The first-order valence-electron chi connectivity index (χ1n) is 6.88. The molecule has 1 saturated carbocycles. The van der Waals surface area contributed by atoms with Crippen molar-refractivity contribution in [2.45, 2.75) is 57.3 Å². The zero-order chi connectivity index (χ0) is 12.8. The molecule has 0 atom stereocenters. The Labute approximate surface area is 113 Å². The Morgan fingerprint density at radius 1 is 1.39 bits per heavy atom. The van der Waals surface area contributed by atoms with Crippen LogP contribution in [0.4, 0.5) is 0 Å². The molecule has 0 aromatic carbocycles. The third kappa shape index (κ3) is 4.24. The third-order valence-electron chi connectivity index (χ3n) is 3.30. The topological polar surface area (TPSA) is 55.6 Å². The Hall–Kier alpha value is -0.620. The first kappa shape index (κ1) is 13.8. The minimum Gasteiger partial charge on any atom is -0.313 e. The van der Waals surface area contributed by atoms with Gasteiger partial charge in [-0.15, -0.1) is 5.10 Å². The van der Waals surface area contributed by atoms with E-state index < -0.39 is 0 Å². The number of nitrogens with zero attached hydrogens (tertiary/aromatic N) is 4. The molecule has 0 aliphatic heterocycles. The van der Waals surface area contributed by atoms with Crippen molar-refractivity contribution in [3.63, 3.8) is 0 Å². The fourth-order valence-electron chi connectivity index (χ4n) is 2.27. The third-order valence-corrected chi connectivity index (χ3v) is 4.49. The minimum absolute atomic E-state index is 0.510. The smallest absolute Gasteiger partial charge is 0.209 e. The van der Waals surface area contributed by atoms with Gasteiger partial charge >= 0.3 is 0 Å². The second-order valence-corrected chi connectivity index (χ2v) is 6.24. The van der Waals surface area contributed by atoms with Crippen molar-refractivity contribution >= 4 is 11.8 Å². The van der Waals surface area contributed by atoms with E-state index in [1.165, 1.54) is 25.7 Å². The lowest BCUT2D eigenvalue weighted by Crippen LogP contribution is -2.27. The number of thioether (sulfide) groups is 1. The van der Waals surface area contributed by atoms with Crippen LogP contribution in [-0.2, 0) is 6.54 Å². The van der Waals surface area contributed by atoms with Gasteiger partial charge in [0.05, 0.1) is 6.54 Å². The van der Waals surface area contributed by atoms with Gasteiger partial charge in [-0.2, -0.15) is 0 Å². The molecular weight excluding hydrogens is 246 g/mol. The molecule has 0 saturated heterocycles. The van der Waals surface area contributed by atoms with Crippen molar-refractivity contribution in [1.82, 2.24) is 25.5 Å². The summed E-state index contributed by atoms with van der Waals surface area (Å²) in [4.78, 5) is 0. The van der Waals surface area contributed by atoms with Gasteiger partial charge in [-0.3, -0.25) is 0 Å². The average molecular weight is 269 g/mol. The average Bonchev–Trinajstić information content (AvgIpc) is 2.96. The first-order valence-corrected chi connectivity index (χ1v) is 7.86. The van der Waals surface area contributed by atoms with E-state index in [0.29, 0.717) is 6.04 Å². The summed E-state index contributed by atoms with van der Waals surface area (Å²) in [5, 5.41) is 16.3. The van der Waals surface area contributed by atoms with E-state index in [9.17, 15) is 0 Å². The van der Waals surface area contributed by atoms with Crippen molar-refractivity contribution in [2.75, 3.05) is 12.3 Å². The molecule has 18 heavy (non-hydrogen) atoms. The Kier molecular flexibility index (Phi) is 5.44. The highest BCUT2D eigenvalue weighted by molar-refractivity contribution is 7.99. The predicted molar refractivity (Wildman–Crippen MR) is 73.6 cm³/mol. The van der Waals surface area contributed by atoms with E-state index in [4.69, 9.17) is 0 Å². The van der Waals surface area contributed by atoms with Crippen LogP contribution in [0.1, 0.15) is 39.5 Å². The molecule has 1 N–H and O–H groups in total. The summed E-state index contributed by atoms with van der Waals surface area (Å²) in [5.74, 6) is 2.03. The summed E-state index contributed by atoms with van der Waals surface area (Å²) in [6.45, 7) is 6.06. The first-order chi connectivity index (χ1) is 8.75. The summed E-state index contributed by atoms with van der Waals surface area (Å²) < 4.78 is 1.91. The predicted octanol–water partition coefficient (Wildman–Crippen LogP) is 1.95. The Bertz CT molecular complexity index is 346. The Morgan fingerprint density at radius 3 is 2.89 bits per heavy atom. The monoisotopic (exact) mass is 269 g/mol. The lowest BCUT2D eigenvalue weighted by atomic mass is 10.1. The highest BCUT2D eigenvalue weighted by Gasteiger charge is 2.16. The zero-order valence-corrected chi connectivity index (χ0v) is 12.1. The van der Waals surface area contributed by atoms with Crippen LogP contribution in [0.25, 0.3) is 0 Å². The van der Waals surface area contributed by atoms with Crippen molar-refractivity contribution in [3.05, 3.63) is 0 Å². The number of rotatable bonds is 7. The van der Waals surface area contributed by atoms with Crippen LogP contribution in [0.2, 0.25) is 0 Å². The molecule has 1 aromatic heterocycles. The maximum atomic E-state index is 4.11. The summed E-state index contributed by atoms with van der Waals surface area (Å²) >= 11 is 1.81. The SMILES string of the molecule is CC(C)NCCn1nnnc1SCC1CCCC1. The second-order valence-electron chi connectivity index (χ2n) is 5.25. The molecule has 0 radical (unpaired) electrons. The van der Waals surface area contributed by atoms with Gasteiger partial charge in [-0.25, -0.2) is 4.68 Å².